The number of rotatable bonds is 9. The summed E-state index contributed by atoms with van der Waals surface area (Å²) in [5.41, 5.74) is 1.85. The minimum atomic E-state index is -0.239. The van der Waals surface area contributed by atoms with Gasteiger partial charge >= 0.3 is 0 Å². The Hall–Kier alpha value is -3.21. The lowest BCUT2D eigenvalue weighted by atomic mass is 10.1. The van der Waals surface area contributed by atoms with Gasteiger partial charge in [-0.2, -0.15) is 0 Å². The molecular formula is C23H25NO4. The van der Waals surface area contributed by atoms with Crippen LogP contribution in [0.4, 0.5) is 0 Å². The van der Waals surface area contributed by atoms with E-state index in [0.717, 1.165) is 29.0 Å². The van der Waals surface area contributed by atoms with E-state index in [1.807, 2.05) is 68.4 Å². The van der Waals surface area contributed by atoms with Gasteiger partial charge in [0.15, 0.2) is 5.76 Å². The van der Waals surface area contributed by atoms with Crippen molar-refractivity contribution in [3.05, 3.63) is 83.8 Å². The van der Waals surface area contributed by atoms with Gasteiger partial charge in [-0.05, 0) is 56.2 Å². The molecule has 0 radical (unpaired) electrons. The summed E-state index contributed by atoms with van der Waals surface area (Å²) in [6, 6.07) is 19.1. The lowest BCUT2D eigenvalue weighted by Crippen LogP contribution is -2.26. The molecule has 3 aromatic rings. The first-order valence-corrected chi connectivity index (χ1v) is 9.40. The summed E-state index contributed by atoms with van der Waals surface area (Å²) in [6.07, 6.45) is 2.38. The first-order chi connectivity index (χ1) is 13.6. The molecule has 5 heteroatoms. The fourth-order valence-corrected chi connectivity index (χ4v) is 2.73. The molecular weight excluding hydrogens is 354 g/mol. The molecule has 0 aliphatic carbocycles. The zero-order valence-electron chi connectivity index (χ0n) is 16.2. The highest BCUT2D eigenvalue weighted by atomic mass is 16.5. The second kappa shape index (κ2) is 9.65. The van der Waals surface area contributed by atoms with Crippen LogP contribution in [-0.2, 0) is 13.0 Å². The maximum atomic E-state index is 12.4. The molecule has 1 amide bonds. The molecule has 0 aliphatic heterocycles. The quantitative estimate of drug-likeness (QED) is 0.589. The van der Waals surface area contributed by atoms with Crippen LogP contribution < -0.4 is 14.8 Å². The largest absolute Gasteiger partial charge is 0.491 e. The standard InChI is InChI=1S/C23H25NO4/c1-17(2)28-21-10-8-18(9-11-21)12-14-24-23(25)22-19(13-15-26-22)16-27-20-6-4-3-5-7-20/h3-11,13,15,17H,12,14,16H2,1-2H3,(H,24,25). The van der Waals surface area contributed by atoms with E-state index >= 15 is 0 Å². The monoisotopic (exact) mass is 379 g/mol. The molecule has 0 fully saturated rings. The highest BCUT2D eigenvalue weighted by Gasteiger charge is 2.15. The van der Waals surface area contributed by atoms with E-state index in [9.17, 15) is 4.79 Å². The third-order valence-electron chi connectivity index (χ3n) is 4.08. The third kappa shape index (κ3) is 5.64. The normalized spacial score (nSPS) is 10.7. The fourth-order valence-electron chi connectivity index (χ4n) is 2.73. The van der Waals surface area contributed by atoms with Crippen molar-refractivity contribution in [1.82, 2.24) is 5.32 Å². The van der Waals surface area contributed by atoms with Crippen LogP contribution in [0.2, 0.25) is 0 Å². The third-order valence-corrected chi connectivity index (χ3v) is 4.08. The average Bonchev–Trinajstić information content (AvgIpc) is 3.17. The smallest absolute Gasteiger partial charge is 0.287 e. The number of benzene rings is 2. The van der Waals surface area contributed by atoms with Crippen LogP contribution in [-0.4, -0.2) is 18.6 Å². The van der Waals surface area contributed by atoms with E-state index in [1.165, 1.54) is 6.26 Å². The molecule has 0 saturated carbocycles. The van der Waals surface area contributed by atoms with Gasteiger partial charge in [-0.3, -0.25) is 4.79 Å². The van der Waals surface area contributed by atoms with Crippen LogP contribution in [0.25, 0.3) is 0 Å². The Kier molecular flexibility index (Phi) is 6.73. The predicted molar refractivity (Wildman–Crippen MR) is 108 cm³/mol. The van der Waals surface area contributed by atoms with Crippen LogP contribution >= 0.6 is 0 Å². The molecule has 2 aromatic carbocycles. The molecule has 1 aromatic heterocycles. The van der Waals surface area contributed by atoms with Crippen LogP contribution in [0.15, 0.2) is 71.3 Å². The molecule has 0 unspecified atom stereocenters. The molecule has 146 valence electrons. The Balaban J connectivity index is 1.48. The molecule has 0 bridgehead atoms. The van der Waals surface area contributed by atoms with Gasteiger partial charge in [-0.1, -0.05) is 30.3 Å². The van der Waals surface area contributed by atoms with E-state index in [1.54, 1.807) is 6.07 Å². The SMILES string of the molecule is CC(C)Oc1ccc(CCNC(=O)c2occc2COc2ccccc2)cc1. The van der Waals surface area contributed by atoms with E-state index < -0.39 is 0 Å². The molecule has 0 atom stereocenters. The number of furan rings is 1. The molecule has 0 aliphatic rings. The Morgan fingerprint density at radius 2 is 1.75 bits per heavy atom. The van der Waals surface area contributed by atoms with Crippen molar-refractivity contribution >= 4 is 5.91 Å². The number of carbonyl (C=O) groups excluding carboxylic acids is 1. The van der Waals surface area contributed by atoms with E-state index in [-0.39, 0.29) is 24.4 Å². The van der Waals surface area contributed by atoms with Crippen molar-refractivity contribution in [3.8, 4) is 11.5 Å². The van der Waals surface area contributed by atoms with Crippen LogP contribution in [0.5, 0.6) is 11.5 Å². The fraction of sp³-hybridized carbons (Fsp3) is 0.261. The van der Waals surface area contributed by atoms with E-state index in [0.29, 0.717) is 6.54 Å². The van der Waals surface area contributed by atoms with Gasteiger partial charge in [0.2, 0.25) is 0 Å². The van der Waals surface area contributed by atoms with Crippen molar-refractivity contribution in [2.24, 2.45) is 0 Å². The molecule has 5 nitrogen and oxygen atoms in total. The number of nitrogens with one attached hydrogen (secondary N) is 1. The summed E-state index contributed by atoms with van der Waals surface area (Å²) < 4.78 is 16.7. The van der Waals surface area contributed by atoms with Gasteiger partial charge < -0.3 is 19.2 Å². The first kappa shape index (κ1) is 19.5. The van der Waals surface area contributed by atoms with Gasteiger partial charge in [0.1, 0.15) is 18.1 Å². The van der Waals surface area contributed by atoms with E-state index in [4.69, 9.17) is 13.9 Å². The van der Waals surface area contributed by atoms with Crippen LogP contribution in [0.1, 0.15) is 35.5 Å². The van der Waals surface area contributed by atoms with Crippen LogP contribution in [0.3, 0.4) is 0 Å². The maximum Gasteiger partial charge on any atom is 0.287 e. The maximum absolute atomic E-state index is 12.4. The molecule has 1 heterocycles. The topological polar surface area (TPSA) is 60.7 Å². The van der Waals surface area contributed by atoms with Gasteiger partial charge in [-0.15, -0.1) is 0 Å². The zero-order chi connectivity index (χ0) is 19.8. The Morgan fingerprint density at radius 3 is 2.46 bits per heavy atom. The molecule has 0 spiro atoms. The van der Waals surface area contributed by atoms with Gasteiger partial charge in [-0.25, -0.2) is 0 Å². The summed E-state index contributed by atoms with van der Waals surface area (Å²) in [5, 5.41) is 2.90. The second-order valence-corrected chi connectivity index (χ2v) is 6.69. The number of ether oxygens (including phenoxy) is 2. The summed E-state index contributed by atoms with van der Waals surface area (Å²) >= 11 is 0. The van der Waals surface area contributed by atoms with Crippen molar-refractivity contribution in [1.29, 1.82) is 0 Å². The Labute approximate surface area is 165 Å². The Bertz CT molecular complexity index is 869. The van der Waals surface area contributed by atoms with Crippen molar-refractivity contribution in [3.63, 3.8) is 0 Å². The van der Waals surface area contributed by atoms with E-state index in [2.05, 4.69) is 5.32 Å². The lowest BCUT2D eigenvalue weighted by molar-refractivity contribution is 0.0923. The summed E-state index contributed by atoms with van der Waals surface area (Å²) in [6.45, 7) is 4.79. The highest BCUT2D eigenvalue weighted by Crippen LogP contribution is 2.16. The number of para-hydroxylation sites is 1. The summed E-state index contributed by atoms with van der Waals surface area (Å²) in [4.78, 5) is 12.4. The number of hydrogen-bond acceptors (Lipinski definition) is 4. The Morgan fingerprint density at radius 1 is 1.00 bits per heavy atom. The number of carbonyl (C=O) groups is 1. The second-order valence-electron chi connectivity index (χ2n) is 6.69. The van der Waals surface area contributed by atoms with Crippen molar-refractivity contribution in [2.75, 3.05) is 6.54 Å². The van der Waals surface area contributed by atoms with Gasteiger partial charge in [0.25, 0.3) is 5.91 Å². The van der Waals surface area contributed by atoms with Gasteiger partial charge in [0.05, 0.1) is 12.4 Å². The minimum absolute atomic E-state index is 0.151. The average molecular weight is 379 g/mol. The van der Waals surface area contributed by atoms with Crippen molar-refractivity contribution < 1.29 is 18.7 Å². The number of amides is 1. The van der Waals surface area contributed by atoms with Gasteiger partial charge in [0, 0.05) is 12.1 Å². The molecule has 3 rings (SSSR count). The molecule has 0 saturated heterocycles. The van der Waals surface area contributed by atoms with Crippen LogP contribution in [0, 0.1) is 0 Å². The first-order valence-electron chi connectivity index (χ1n) is 9.40. The number of hydrogen-bond donors (Lipinski definition) is 1. The predicted octanol–water partition coefficient (Wildman–Crippen LogP) is 4.62. The zero-order valence-corrected chi connectivity index (χ0v) is 16.2. The summed E-state index contributed by atoms with van der Waals surface area (Å²) in [7, 11) is 0. The molecule has 1 N–H and O–H groups in total. The lowest BCUT2D eigenvalue weighted by Gasteiger charge is -2.10. The van der Waals surface area contributed by atoms with Crippen molar-refractivity contribution in [2.45, 2.75) is 33.0 Å². The molecule has 28 heavy (non-hydrogen) atoms. The minimum Gasteiger partial charge on any atom is -0.491 e. The summed E-state index contributed by atoms with van der Waals surface area (Å²) in [5.74, 6) is 1.65. The highest BCUT2D eigenvalue weighted by molar-refractivity contribution is 5.92.